The number of ketones is 1. The van der Waals surface area contributed by atoms with Gasteiger partial charge in [-0.15, -0.1) is 0 Å². The lowest BCUT2D eigenvalue weighted by atomic mass is 9.81. The monoisotopic (exact) mass is 570 g/mol. The first-order valence-electron chi connectivity index (χ1n) is 14.9. The number of aromatic nitrogens is 2. The summed E-state index contributed by atoms with van der Waals surface area (Å²) in [6.45, 7) is 12.8. The summed E-state index contributed by atoms with van der Waals surface area (Å²) in [7, 11) is 0.576. The molecule has 222 valence electrons. The standard InChI is InChI=1S/C31H50N4O4Si/c1-23-29(24(2)35(33-23)22-39-19-20-40(4,5)6)26-15-13-25(14-16-26)21-28(37)30(27-11-8-7-9-12-27)32-31(38)34(3)17-10-18-36/h13-16,27,30,36H,7-12,17-22H2,1-6H3,(H,32,38)/t30-/m0/s1. The van der Waals surface area contributed by atoms with Crippen LogP contribution < -0.4 is 5.32 Å². The van der Waals surface area contributed by atoms with Gasteiger partial charge in [-0.1, -0.05) is 63.2 Å². The van der Waals surface area contributed by atoms with Crippen LogP contribution in [0, 0.1) is 19.8 Å². The number of aliphatic hydroxyl groups excluding tert-OH is 1. The van der Waals surface area contributed by atoms with Crippen molar-refractivity contribution in [1.29, 1.82) is 0 Å². The zero-order valence-corrected chi connectivity index (χ0v) is 26.5. The van der Waals surface area contributed by atoms with E-state index in [1.54, 1.807) is 11.9 Å². The minimum atomic E-state index is -1.13. The van der Waals surface area contributed by atoms with Crippen LogP contribution in [0.15, 0.2) is 24.3 Å². The summed E-state index contributed by atoms with van der Waals surface area (Å²) in [4.78, 5) is 27.9. The number of nitrogens with zero attached hydrogens (tertiary/aromatic N) is 3. The first-order valence-corrected chi connectivity index (χ1v) is 18.6. The van der Waals surface area contributed by atoms with Gasteiger partial charge < -0.3 is 20.1 Å². The van der Waals surface area contributed by atoms with E-state index in [1.807, 2.05) is 23.7 Å². The number of carbonyl (C=O) groups is 2. The van der Waals surface area contributed by atoms with Crippen molar-refractivity contribution in [2.75, 3.05) is 26.8 Å². The van der Waals surface area contributed by atoms with Crippen LogP contribution >= 0.6 is 0 Å². The maximum atomic E-state index is 13.5. The Morgan fingerprint density at radius 2 is 1.82 bits per heavy atom. The fraction of sp³-hybridized carbons (Fsp3) is 0.645. The van der Waals surface area contributed by atoms with E-state index in [4.69, 9.17) is 14.9 Å². The van der Waals surface area contributed by atoms with Crippen LogP contribution in [0.1, 0.15) is 55.5 Å². The molecular weight excluding hydrogens is 520 g/mol. The highest BCUT2D eigenvalue weighted by Crippen LogP contribution is 2.29. The molecule has 1 aliphatic carbocycles. The van der Waals surface area contributed by atoms with Gasteiger partial charge in [-0.05, 0) is 56.2 Å². The van der Waals surface area contributed by atoms with Crippen LogP contribution in [0.25, 0.3) is 11.1 Å². The van der Waals surface area contributed by atoms with Gasteiger partial charge in [-0.25, -0.2) is 9.48 Å². The lowest BCUT2D eigenvalue weighted by Crippen LogP contribution is -2.51. The minimum absolute atomic E-state index is 0.0327. The van der Waals surface area contributed by atoms with Crippen LogP contribution in [0.3, 0.4) is 0 Å². The van der Waals surface area contributed by atoms with Crippen molar-refractivity contribution in [3.63, 3.8) is 0 Å². The molecule has 1 aromatic heterocycles. The Labute approximate surface area is 241 Å². The molecule has 0 unspecified atom stereocenters. The van der Waals surface area contributed by atoms with E-state index in [2.05, 4.69) is 44.0 Å². The van der Waals surface area contributed by atoms with Crippen LogP contribution in [0.5, 0.6) is 0 Å². The largest absolute Gasteiger partial charge is 0.396 e. The number of hydrogen-bond donors (Lipinski definition) is 2. The van der Waals surface area contributed by atoms with E-state index in [1.165, 1.54) is 6.42 Å². The summed E-state index contributed by atoms with van der Waals surface area (Å²) in [6.07, 6.45) is 6.08. The third kappa shape index (κ3) is 9.28. The molecule has 0 aliphatic heterocycles. The second-order valence-corrected chi connectivity index (χ2v) is 18.2. The summed E-state index contributed by atoms with van der Waals surface area (Å²) >= 11 is 0. The van der Waals surface area contributed by atoms with Gasteiger partial charge in [0.05, 0.1) is 11.7 Å². The average Bonchev–Trinajstić information content (AvgIpc) is 3.20. The number of aliphatic hydroxyl groups is 1. The Kier molecular flexibility index (Phi) is 12.0. The van der Waals surface area contributed by atoms with E-state index in [9.17, 15) is 9.59 Å². The van der Waals surface area contributed by atoms with Crippen molar-refractivity contribution in [1.82, 2.24) is 20.0 Å². The predicted molar refractivity (Wildman–Crippen MR) is 163 cm³/mol. The van der Waals surface area contributed by atoms with Crippen LogP contribution in [0.4, 0.5) is 4.79 Å². The third-order valence-electron chi connectivity index (χ3n) is 7.96. The number of benzene rings is 1. The van der Waals surface area contributed by atoms with Gasteiger partial charge in [-0.3, -0.25) is 4.79 Å². The highest BCUT2D eigenvalue weighted by molar-refractivity contribution is 6.76. The number of hydrogen-bond acceptors (Lipinski definition) is 5. The molecule has 0 saturated heterocycles. The fourth-order valence-corrected chi connectivity index (χ4v) is 6.21. The molecule has 1 fully saturated rings. The molecule has 2 aromatic rings. The lowest BCUT2D eigenvalue weighted by molar-refractivity contribution is -0.121. The molecule has 1 aliphatic rings. The zero-order valence-electron chi connectivity index (χ0n) is 25.5. The number of urea groups is 1. The fourth-order valence-electron chi connectivity index (χ4n) is 5.45. The van der Waals surface area contributed by atoms with E-state index in [-0.39, 0.29) is 30.8 Å². The Morgan fingerprint density at radius 1 is 1.15 bits per heavy atom. The van der Waals surface area contributed by atoms with Gasteiger partial charge in [-0.2, -0.15) is 5.10 Å². The molecule has 0 bridgehead atoms. The van der Waals surface area contributed by atoms with Gasteiger partial charge in [0.15, 0.2) is 5.78 Å². The van der Waals surface area contributed by atoms with Crippen molar-refractivity contribution in [3.05, 3.63) is 41.2 Å². The zero-order chi connectivity index (χ0) is 29.3. The van der Waals surface area contributed by atoms with E-state index >= 15 is 0 Å². The molecule has 1 aromatic carbocycles. The molecule has 2 N–H and O–H groups in total. The minimum Gasteiger partial charge on any atom is -0.396 e. The Morgan fingerprint density at radius 3 is 2.45 bits per heavy atom. The summed E-state index contributed by atoms with van der Waals surface area (Å²) in [5, 5.41) is 16.9. The first kappa shape index (κ1) is 32.0. The number of amides is 2. The van der Waals surface area contributed by atoms with Gasteiger partial charge in [0.1, 0.15) is 6.73 Å². The van der Waals surface area contributed by atoms with E-state index in [0.717, 1.165) is 66.4 Å². The smallest absolute Gasteiger partial charge is 0.317 e. The van der Waals surface area contributed by atoms with Crippen LogP contribution in [-0.4, -0.2) is 72.5 Å². The molecule has 1 heterocycles. The number of rotatable bonds is 14. The number of ether oxygens (including phenoxy) is 1. The van der Waals surface area contributed by atoms with Crippen molar-refractivity contribution in [3.8, 4) is 11.1 Å². The third-order valence-corrected chi connectivity index (χ3v) is 9.66. The highest BCUT2D eigenvalue weighted by Gasteiger charge is 2.31. The number of nitrogens with one attached hydrogen (secondary N) is 1. The Hall–Kier alpha value is -2.49. The Balaban J connectivity index is 1.67. The number of carbonyl (C=O) groups excluding carboxylic acids is 2. The van der Waals surface area contributed by atoms with Crippen molar-refractivity contribution < 1.29 is 19.4 Å². The molecule has 1 atom stereocenters. The van der Waals surface area contributed by atoms with Gasteiger partial charge in [0, 0.05) is 52.6 Å². The second-order valence-electron chi connectivity index (χ2n) is 12.6. The maximum Gasteiger partial charge on any atom is 0.317 e. The molecule has 2 amide bonds. The van der Waals surface area contributed by atoms with Gasteiger partial charge in [0.25, 0.3) is 0 Å². The van der Waals surface area contributed by atoms with Gasteiger partial charge >= 0.3 is 6.03 Å². The molecule has 0 spiro atoms. The molecule has 40 heavy (non-hydrogen) atoms. The maximum absolute atomic E-state index is 13.5. The quantitative estimate of drug-likeness (QED) is 0.229. The van der Waals surface area contributed by atoms with Crippen molar-refractivity contribution in [2.24, 2.45) is 5.92 Å². The van der Waals surface area contributed by atoms with Gasteiger partial charge in [0.2, 0.25) is 0 Å². The molecule has 3 rings (SSSR count). The SMILES string of the molecule is Cc1nn(COCC[Si](C)(C)C)c(C)c1-c1ccc(CC(=O)[C@@H](NC(=O)N(C)CCCO)C2CCCCC2)cc1. The molecule has 0 radical (unpaired) electrons. The normalized spacial score (nSPS) is 15.2. The topological polar surface area (TPSA) is 96.7 Å². The lowest BCUT2D eigenvalue weighted by Gasteiger charge is -2.31. The van der Waals surface area contributed by atoms with Crippen LogP contribution in [-0.2, 0) is 22.7 Å². The van der Waals surface area contributed by atoms with E-state index < -0.39 is 14.1 Å². The summed E-state index contributed by atoms with van der Waals surface area (Å²) in [5.74, 6) is 0.221. The predicted octanol–water partition coefficient (Wildman–Crippen LogP) is 5.56. The molecule has 1 saturated carbocycles. The summed E-state index contributed by atoms with van der Waals surface area (Å²) in [6, 6.07) is 8.54. The van der Waals surface area contributed by atoms with Crippen molar-refractivity contribution in [2.45, 2.75) is 97.3 Å². The highest BCUT2D eigenvalue weighted by atomic mass is 28.3. The first-order chi connectivity index (χ1) is 19.0. The van der Waals surface area contributed by atoms with Crippen molar-refractivity contribution >= 4 is 19.9 Å². The Bertz CT molecular complexity index is 1100. The summed E-state index contributed by atoms with van der Waals surface area (Å²) < 4.78 is 7.86. The average molecular weight is 571 g/mol. The molecule has 9 heteroatoms. The summed E-state index contributed by atoms with van der Waals surface area (Å²) in [5.41, 5.74) is 5.14. The number of Topliss-reactive ketones (excluding diaryl/α,β-unsaturated/α-hetero) is 1. The number of aryl methyl sites for hydroxylation is 1. The molecular formula is C31H50N4O4Si. The molecule has 8 nitrogen and oxygen atoms in total. The van der Waals surface area contributed by atoms with E-state index in [0.29, 0.717) is 19.7 Å². The second kappa shape index (κ2) is 14.9. The van der Waals surface area contributed by atoms with Crippen LogP contribution in [0.2, 0.25) is 25.7 Å².